The average molecular weight is 416 g/mol. The van der Waals surface area contributed by atoms with E-state index in [1.54, 1.807) is 0 Å². The van der Waals surface area contributed by atoms with E-state index in [1.165, 1.54) is 53.0 Å². The molecule has 0 aliphatic heterocycles. The first-order valence-corrected chi connectivity index (χ1v) is 11.9. The summed E-state index contributed by atoms with van der Waals surface area (Å²) in [6, 6.07) is 25.2. The molecule has 1 fully saturated rings. The van der Waals surface area contributed by atoms with E-state index in [0.29, 0.717) is 12.1 Å². The van der Waals surface area contributed by atoms with E-state index in [1.807, 2.05) is 18.1 Å². The van der Waals surface area contributed by atoms with Crippen LogP contribution in [0.1, 0.15) is 54.1 Å². The van der Waals surface area contributed by atoms with Crippen LogP contribution >= 0.6 is 11.9 Å². The van der Waals surface area contributed by atoms with Crippen LogP contribution < -0.4 is 5.32 Å². The van der Waals surface area contributed by atoms with E-state index in [4.69, 9.17) is 0 Å². The van der Waals surface area contributed by atoms with E-state index in [-0.39, 0.29) is 0 Å². The summed E-state index contributed by atoms with van der Waals surface area (Å²) in [7, 11) is 0. The fraction of sp³-hybridized carbons (Fsp3) is 0.346. The number of rotatable bonds is 8. The Balaban J connectivity index is 1.23. The lowest BCUT2D eigenvalue weighted by Crippen LogP contribution is -2.25. The summed E-state index contributed by atoms with van der Waals surface area (Å²) in [5.41, 5.74) is 5.39. The third-order valence-electron chi connectivity index (χ3n) is 6.00. The third-order valence-corrected chi connectivity index (χ3v) is 7.13. The molecule has 2 aliphatic rings. The summed E-state index contributed by atoms with van der Waals surface area (Å²) in [5.74, 6) is 0. The molecule has 0 radical (unpaired) electrons. The highest BCUT2D eigenvalue weighted by molar-refractivity contribution is 7.97. The molecule has 154 valence electrons. The van der Waals surface area contributed by atoms with Crippen LogP contribution in [0, 0.1) is 0 Å². The topological polar surface area (TPSA) is 28.2 Å². The van der Waals surface area contributed by atoms with Crippen molar-refractivity contribution in [2.24, 2.45) is 0 Å². The molecule has 2 aliphatic carbocycles. The molecule has 5 rings (SSSR count). The Kier molecular flexibility index (Phi) is 6.16. The monoisotopic (exact) mass is 415 g/mol. The second-order valence-corrected chi connectivity index (χ2v) is 9.53. The van der Waals surface area contributed by atoms with Crippen LogP contribution in [-0.2, 0) is 19.5 Å². The molecule has 1 unspecified atom stereocenters. The number of fused-ring (bicyclic) bond motifs is 1. The van der Waals surface area contributed by atoms with Crippen LogP contribution in [0.4, 0.5) is 0 Å². The minimum Gasteiger partial charge on any atom is -0.305 e. The zero-order valence-electron chi connectivity index (χ0n) is 17.3. The first-order chi connectivity index (χ1) is 14.8. The average Bonchev–Trinajstić information content (AvgIpc) is 3.64. The Morgan fingerprint density at radius 1 is 0.933 bits per heavy atom. The highest BCUT2D eigenvalue weighted by atomic mass is 32.2. The largest absolute Gasteiger partial charge is 0.305 e. The molecule has 4 heteroatoms. The predicted molar refractivity (Wildman–Crippen MR) is 124 cm³/mol. The van der Waals surface area contributed by atoms with Gasteiger partial charge in [-0.25, -0.2) is 4.31 Å². The first kappa shape index (κ1) is 19.8. The SMILES string of the molecule is c1ccc(CN(Sc2cccc(CNC3CCCc4cccnc43)c2)C2CC2)cc1. The van der Waals surface area contributed by atoms with Crippen LogP contribution in [0.5, 0.6) is 0 Å². The fourth-order valence-corrected chi connectivity index (χ4v) is 5.45. The van der Waals surface area contributed by atoms with Crippen LogP contribution in [0.2, 0.25) is 0 Å². The number of nitrogens with one attached hydrogen (secondary N) is 1. The van der Waals surface area contributed by atoms with Crippen molar-refractivity contribution in [3.63, 3.8) is 0 Å². The maximum Gasteiger partial charge on any atom is 0.0605 e. The van der Waals surface area contributed by atoms with Gasteiger partial charge in [-0.1, -0.05) is 48.5 Å². The van der Waals surface area contributed by atoms with Gasteiger partial charge in [-0.2, -0.15) is 0 Å². The smallest absolute Gasteiger partial charge is 0.0605 e. The fourth-order valence-electron chi connectivity index (χ4n) is 4.26. The molecule has 1 atom stereocenters. The number of hydrogen-bond donors (Lipinski definition) is 1. The molecule has 3 nitrogen and oxygen atoms in total. The summed E-state index contributed by atoms with van der Waals surface area (Å²) in [4.78, 5) is 6.00. The second kappa shape index (κ2) is 9.34. The molecule has 0 spiro atoms. The normalized spacial score (nSPS) is 18.4. The van der Waals surface area contributed by atoms with Gasteiger partial charge in [0.1, 0.15) is 0 Å². The van der Waals surface area contributed by atoms with E-state index in [0.717, 1.165) is 19.5 Å². The Labute approximate surface area is 184 Å². The van der Waals surface area contributed by atoms with Crippen LogP contribution in [0.25, 0.3) is 0 Å². The highest BCUT2D eigenvalue weighted by Gasteiger charge is 2.30. The molecule has 1 heterocycles. The molecular formula is C26H29N3S. The van der Waals surface area contributed by atoms with Gasteiger partial charge in [0.25, 0.3) is 0 Å². The van der Waals surface area contributed by atoms with Gasteiger partial charge in [0.2, 0.25) is 0 Å². The molecule has 1 N–H and O–H groups in total. The number of nitrogens with zero attached hydrogens (tertiary/aromatic N) is 2. The molecule has 0 amide bonds. The van der Waals surface area contributed by atoms with Gasteiger partial charge in [-0.05, 0) is 78.9 Å². The van der Waals surface area contributed by atoms with Crippen molar-refractivity contribution in [2.45, 2.75) is 62.2 Å². The van der Waals surface area contributed by atoms with E-state index in [9.17, 15) is 0 Å². The second-order valence-electron chi connectivity index (χ2n) is 8.40. The van der Waals surface area contributed by atoms with Crippen LogP contribution in [0.3, 0.4) is 0 Å². The summed E-state index contributed by atoms with van der Waals surface area (Å²) in [6.07, 6.45) is 8.12. The summed E-state index contributed by atoms with van der Waals surface area (Å²) in [5, 5.41) is 3.76. The maximum atomic E-state index is 4.66. The Bertz CT molecular complexity index is 971. The van der Waals surface area contributed by atoms with E-state index >= 15 is 0 Å². The van der Waals surface area contributed by atoms with Crippen LogP contribution in [-0.4, -0.2) is 15.3 Å². The van der Waals surface area contributed by atoms with Crippen molar-refractivity contribution in [1.29, 1.82) is 0 Å². The van der Waals surface area contributed by atoms with Gasteiger partial charge in [0.15, 0.2) is 0 Å². The quantitative estimate of drug-likeness (QED) is 0.462. The third kappa shape index (κ3) is 4.94. The number of benzene rings is 2. The van der Waals surface area contributed by atoms with Gasteiger partial charge >= 0.3 is 0 Å². The van der Waals surface area contributed by atoms with Crippen molar-refractivity contribution >= 4 is 11.9 Å². The highest BCUT2D eigenvalue weighted by Crippen LogP contribution is 2.37. The summed E-state index contributed by atoms with van der Waals surface area (Å²) in [6.45, 7) is 1.89. The number of pyridine rings is 1. The molecule has 1 aromatic heterocycles. The molecule has 2 aromatic carbocycles. The molecule has 1 saturated carbocycles. The Morgan fingerprint density at radius 3 is 2.67 bits per heavy atom. The molecular weight excluding hydrogens is 386 g/mol. The Morgan fingerprint density at radius 2 is 1.80 bits per heavy atom. The lowest BCUT2D eigenvalue weighted by Gasteiger charge is -2.25. The zero-order chi connectivity index (χ0) is 20.2. The molecule has 0 bridgehead atoms. The molecule has 0 saturated heterocycles. The minimum atomic E-state index is 0.368. The lowest BCUT2D eigenvalue weighted by atomic mass is 9.92. The van der Waals surface area contributed by atoms with E-state index < -0.39 is 0 Å². The van der Waals surface area contributed by atoms with Crippen molar-refractivity contribution < 1.29 is 0 Å². The number of aromatic nitrogens is 1. The molecule has 30 heavy (non-hydrogen) atoms. The van der Waals surface area contributed by atoms with Gasteiger partial charge in [-0.3, -0.25) is 4.98 Å². The number of aryl methyl sites for hydroxylation is 1. The van der Waals surface area contributed by atoms with Gasteiger partial charge in [0.05, 0.1) is 11.7 Å². The van der Waals surface area contributed by atoms with Crippen molar-refractivity contribution in [3.8, 4) is 0 Å². The van der Waals surface area contributed by atoms with Gasteiger partial charge in [-0.15, -0.1) is 0 Å². The first-order valence-electron chi connectivity index (χ1n) is 11.1. The zero-order valence-corrected chi connectivity index (χ0v) is 18.2. The van der Waals surface area contributed by atoms with Gasteiger partial charge in [0, 0.05) is 30.2 Å². The summed E-state index contributed by atoms with van der Waals surface area (Å²) < 4.78 is 2.56. The predicted octanol–water partition coefficient (Wildman–Crippen LogP) is 5.92. The van der Waals surface area contributed by atoms with Gasteiger partial charge < -0.3 is 5.32 Å². The van der Waals surface area contributed by atoms with Crippen molar-refractivity contribution in [1.82, 2.24) is 14.6 Å². The van der Waals surface area contributed by atoms with Crippen molar-refractivity contribution in [2.75, 3.05) is 0 Å². The van der Waals surface area contributed by atoms with E-state index in [2.05, 4.69) is 81.3 Å². The lowest BCUT2D eigenvalue weighted by molar-refractivity contribution is 0.447. The number of hydrogen-bond acceptors (Lipinski definition) is 4. The van der Waals surface area contributed by atoms with Crippen LogP contribution in [0.15, 0.2) is 77.8 Å². The minimum absolute atomic E-state index is 0.368. The standard InChI is InChI=1S/C26H29N3S/c1-2-7-20(8-3-1)19-29(23-14-15-23)30-24-12-4-9-21(17-24)18-28-25-13-5-10-22-11-6-16-27-26(22)25/h1-4,6-9,11-12,16-17,23,25,28H,5,10,13-15,18-19H2. The maximum absolute atomic E-state index is 4.66. The summed E-state index contributed by atoms with van der Waals surface area (Å²) >= 11 is 1.91. The molecule has 3 aromatic rings. The Hall–Kier alpha value is -2.14. The van der Waals surface area contributed by atoms with Crippen molar-refractivity contribution in [3.05, 3.63) is 95.3 Å².